The van der Waals surface area contributed by atoms with E-state index in [1.807, 2.05) is 6.08 Å². The monoisotopic (exact) mass is 366 g/mol. The maximum absolute atomic E-state index is 10.8. The molecule has 0 aromatic heterocycles. The van der Waals surface area contributed by atoms with Crippen molar-refractivity contribution in [3.63, 3.8) is 0 Å². The Bertz CT molecular complexity index is 346. The summed E-state index contributed by atoms with van der Waals surface area (Å²) in [6.07, 6.45) is 25.3. The van der Waals surface area contributed by atoms with Crippen LogP contribution >= 0.6 is 0 Å². The Hall–Kier alpha value is -0.790. The van der Waals surface area contributed by atoms with E-state index < -0.39 is 5.97 Å². The first-order valence-electron chi connectivity index (χ1n) is 11.5. The normalized spacial score (nSPS) is 13.1. The zero-order chi connectivity index (χ0) is 19.5. The number of hydrogen-bond donors (Lipinski definition) is 1. The van der Waals surface area contributed by atoms with Crippen LogP contribution in [0.5, 0.6) is 0 Å². The second-order valence-corrected chi connectivity index (χ2v) is 8.22. The fraction of sp³-hybridized carbons (Fsp3) is 0.875. The molecular weight excluding hydrogens is 320 g/mol. The fourth-order valence-electron chi connectivity index (χ4n) is 3.60. The zero-order valence-electron chi connectivity index (χ0n) is 18.0. The number of unbranched alkanes of at least 4 members (excludes halogenated alkanes) is 15. The molecule has 0 heterocycles. The zero-order valence-corrected chi connectivity index (χ0v) is 18.0. The van der Waals surface area contributed by atoms with Crippen molar-refractivity contribution in [2.24, 2.45) is 5.92 Å². The number of allylic oxidation sites excluding steroid dienone is 1. The predicted octanol–water partition coefficient (Wildman–Crippen LogP) is 8.31. The Balaban J connectivity index is 3.22. The van der Waals surface area contributed by atoms with Crippen LogP contribution in [0.25, 0.3) is 0 Å². The molecule has 0 fully saturated rings. The summed E-state index contributed by atoms with van der Waals surface area (Å²) in [7, 11) is 0. The number of carboxylic acids is 1. The standard InChI is InChI=1S/C24H46O2/c1-4-5-6-7-8-9-10-11-12-13-14-15-16-17-18-19-20-22(2)21-23(3)24(25)26/h21-22H,4-20H2,1-3H3,(H,25,26)/t22-/m0/s1. The van der Waals surface area contributed by atoms with E-state index in [4.69, 9.17) is 5.11 Å². The van der Waals surface area contributed by atoms with Gasteiger partial charge in [0, 0.05) is 5.57 Å². The number of aliphatic carboxylic acids is 1. The maximum Gasteiger partial charge on any atom is 0.330 e. The molecule has 0 aliphatic heterocycles. The van der Waals surface area contributed by atoms with Crippen molar-refractivity contribution in [3.8, 4) is 0 Å². The molecule has 2 heteroatoms. The first-order valence-corrected chi connectivity index (χ1v) is 11.5. The summed E-state index contributed by atoms with van der Waals surface area (Å²) in [6.45, 7) is 6.09. The lowest BCUT2D eigenvalue weighted by Crippen LogP contribution is -1.99. The molecule has 0 saturated carbocycles. The summed E-state index contributed by atoms with van der Waals surface area (Å²) in [6, 6.07) is 0. The van der Waals surface area contributed by atoms with Crippen LogP contribution in [0.2, 0.25) is 0 Å². The molecule has 0 aliphatic rings. The van der Waals surface area contributed by atoms with Gasteiger partial charge in [0.25, 0.3) is 0 Å². The fourth-order valence-corrected chi connectivity index (χ4v) is 3.60. The second-order valence-electron chi connectivity index (χ2n) is 8.22. The van der Waals surface area contributed by atoms with Gasteiger partial charge in [-0.05, 0) is 19.3 Å². The van der Waals surface area contributed by atoms with Gasteiger partial charge in [-0.2, -0.15) is 0 Å². The van der Waals surface area contributed by atoms with Crippen molar-refractivity contribution in [2.75, 3.05) is 0 Å². The van der Waals surface area contributed by atoms with Crippen LogP contribution in [0.4, 0.5) is 0 Å². The second kappa shape index (κ2) is 19.0. The first kappa shape index (κ1) is 25.2. The molecule has 1 N–H and O–H groups in total. The number of rotatable bonds is 19. The molecule has 0 rings (SSSR count). The molecule has 0 saturated heterocycles. The molecule has 154 valence electrons. The van der Waals surface area contributed by atoms with Crippen molar-refractivity contribution >= 4 is 5.97 Å². The first-order chi connectivity index (χ1) is 12.6. The average molecular weight is 367 g/mol. The highest BCUT2D eigenvalue weighted by atomic mass is 16.4. The van der Waals surface area contributed by atoms with E-state index in [0.717, 1.165) is 6.42 Å². The minimum atomic E-state index is -0.788. The van der Waals surface area contributed by atoms with E-state index in [9.17, 15) is 4.79 Å². The van der Waals surface area contributed by atoms with E-state index in [1.165, 1.54) is 103 Å². The van der Waals surface area contributed by atoms with Crippen LogP contribution in [0, 0.1) is 5.92 Å². The summed E-state index contributed by atoms with van der Waals surface area (Å²) in [4.78, 5) is 10.8. The van der Waals surface area contributed by atoms with E-state index >= 15 is 0 Å². The minimum Gasteiger partial charge on any atom is -0.478 e. The van der Waals surface area contributed by atoms with Gasteiger partial charge in [0.2, 0.25) is 0 Å². The van der Waals surface area contributed by atoms with Crippen molar-refractivity contribution in [2.45, 2.75) is 130 Å². The predicted molar refractivity (Wildman–Crippen MR) is 115 cm³/mol. The quantitative estimate of drug-likeness (QED) is 0.184. The largest absolute Gasteiger partial charge is 0.478 e. The molecule has 0 aromatic rings. The Labute approximate surface area is 163 Å². The SMILES string of the molecule is CCCCCCCCCCCCCCCCCC[C@H](C)C=C(C)C(=O)O. The molecule has 26 heavy (non-hydrogen) atoms. The maximum atomic E-state index is 10.8. The molecule has 0 unspecified atom stereocenters. The van der Waals surface area contributed by atoms with Crippen molar-refractivity contribution in [1.29, 1.82) is 0 Å². The number of carboxylic acid groups (broad SMARTS) is 1. The lowest BCUT2D eigenvalue weighted by Gasteiger charge is -2.07. The van der Waals surface area contributed by atoms with Crippen LogP contribution in [0.15, 0.2) is 11.6 Å². The van der Waals surface area contributed by atoms with Gasteiger partial charge in [-0.3, -0.25) is 0 Å². The van der Waals surface area contributed by atoms with Gasteiger partial charge in [-0.25, -0.2) is 4.79 Å². The molecule has 1 atom stereocenters. The summed E-state index contributed by atoms with van der Waals surface area (Å²) in [5.74, 6) is -0.401. The van der Waals surface area contributed by atoms with E-state index in [-0.39, 0.29) is 0 Å². The van der Waals surface area contributed by atoms with Gasteiger partial charge in [-0.1, -0.05) is 123 Å². The summed E-state index contributed by atoms with van der Waals surface area (Å²) < 4.78 is 0. The molecule has 0 aromatic carbocycles. The molecule has 0 bridgehead atoms. The molecule has 0 spiro atoms. The van der Waals surface area contributed by atoms with Crippen molar-refractivity contribution in [1.82, 2.24) is 0 Å². The Morgan fingerprint density at radius 3 is 1.42 bits per heavy atom. The van der Waals surface area contributed by atoms with Crippen molar-refractivity contribution < 1.29 is 9.90 Å². The van der Waals surface area contributed by atoms with Gasteiger partial charge >= 0.3 is 5.97 Å². The van der Waals surface area contributed by atoms with Crippen LogP contribution in [-0.2, 0) is 4.79 Å². The topological polar surface area (TPSA) is 37.3 Å². The average Bonchev–Trinajstić information content (AvgIpc) is 2.61. The summed E-state index contributed by atoms with van der Waals surface area (Å²) >= 11 is 0. The van der Waals surface area contributed by atoms with Crippen LogP contribution in [0.1, 0.15) is 130 Å². The highest BCUT2D eigenvalue weighted by molar-refractivity contribution is 5.85. The van der Waals surface area contributed by atoms with E-state index in [2.05, 4.69) is 13.8 Å². The lowest BCUT2D eigenvalue weighted by atomic mass is 9.99. The van der Waals surface area contributed by atoms with Gasteiger partial charge in [0.05, 0.1) is 0 Å². The molecule has 0 aliphatic carbocycles. The number of carbonyl (C=O) groups is 1. The Kier molecular flexibility index (Phi) is 18.4. The third-order valence-electron chi connectivity index (χ3n) is 5.38. The van der Waals surface area contributed by atoms with Gasteiger partial charge in [0.15, 0.2) is 0 Å². The molecular formula is C24H46O2. The molecule has 2 nitrogen and oxygen atoms in total. The molecule has 0 amide bonds. The Morgan fingerprint density at radius 1 is 0.731 bits per heavy atom. The van der Waals surface area contributed by atoms with Crippen LogP contribution < -0.4 is 0 Å². The van der Waals surface area contributed by atoms with E-state index in [0.29, 0.717) is 11.5 Å². The van der Waals surface area contributed by atoms with Crippen LogP contribution in [0.3, 0.4) is 0 Å². The number of hydrogen-bond acceptors (Lipinski definition) is 1. The van der Waals surface area contributed by atoms with Gasteiger partial charge in [0.1, 0.15) is 0 Å². The third kappa shape index (κ3) is 18.0. The summed E-state index contributed by atoms with van der Waals surface area (Å²) in [5, 5.41) is 8.88. The van der Waals surface area contributed by atoms with Gasteiger partial charge < -0.3 is 5.11 Å². The lowest BCUT2D eigenvalue weighted by molar-refractivity contribution is -0.132. The van der Waals surface area contributed by atoms with E-state index in [1.54, 1.807) is 6.92 Å². The smallest absolute Gasteiger partial charge is 0.330 e. The Morgan fingerprint density at radius 2 is 1.08 bits per heavy atom. The van der Waals surface area contributed by atoms with Crippen LogP contribution in [-0.4, -0.2) is 11.1 Å². The minimum absolute atomic E-state index is 0.387. The summed E-state index contributed by atoms with van der Waals surface area (Å²) in [5.41, 5.74) is 0.481. The van der Waals surface area contributed by atoms with Gasteiger partial charge in [-0.15, -0.1) is 0 Å². The van der Waals surface area contributed by atoms with Crippen molar-refractivity contribution in [3.05, 3.63) is 11.6 Å². The highest BCUT2D eigenvalue weighted by Crippen LogP contribution is 2.16. The molecule has 0 radical (unpaired) electrons. The third-order valence-corrected chi connectivity index (χ3v) is 5.38. The highest BCUT2D eigenvalue weighted by Gasteiger charge is 2.04.